The zero-order valence-electron chi connectivity index (χ0n) is 14.5. The van der Waals surface area contributed by atoms with Crippen LogP contribution >= 0.6 is 0 Å². The summed E-state index contributed by atoms with van der Waals surface area (Å²) in [5, 5.41) is 10.5. The van der Waals surface area contributed by atoms with Gasteiger partial charge in [-0.1, -0.05) is 12.1 Å². The summed E-state index contributed by atoms with van der Waals surface area (Å²) in [6.45, 7) is 1.16. The van der Waals surface area contributed by atoms with Crippen molar-refractivity contribution < 1.29 is 14.6 Å². The Morgan fingerprint density at radius 3 is 2.38 bits per heavy atom. The molecule has 1 amide bonds. The lowest BCUT2D eigenvalue weighted by Gasteiger charge is -2.40. The number of methoxy groups -OCH3 is 1. The third-order valence-electron chi connectivity index (χ3n) is 6.32. The maximum Gasteiger partial charge on any atom is 0.233 e. The Morgan fingerprint density at radius 1 is 1.12 bits per heavy atom. The molecule has 0 unspecified atom stereocenters. The van der Waals surface area contributed by atoms with E-state index in [9.17, 15) is 9.90 Å². The number of amides is 1. The Labute approximate surface area is 143 Å². The molecule has 1 aromatic carbocycles. The van der Waals surface area contributed by atoms with Gasteiger partial charge in [-0.15, -0.1) is 0 Å². The first-order chi connectivity index (χ1) is 11.6. The molecule has 0 atom stereocenters. The molecular weight excluding hydrogens is 302 g/mol. The monoisotopic (exact) mass is 329 g/mol. The second kappa shape index (κ2) is 5.85. The molecule has 4 nitrogen and oxygen atoms in total. The molecule has 1 saturated heterocycles. The smallest absolute Gasteiger partial charge is 0.233 e. The summed E-state index contributed by atoms with van der Waals surface area (Å²) in [7, 11) is 1.62. The molecule has 3 fully saturated rings. The number of hydrogen-bond donors (Lipinski definition) is 1. The van der Waals surface area contributed by atoms with Gasteiger partial charge in [-0.3, -0.25) is 4.79 Å². The van der Waals surface area contributed by atoms with Crippen LogP contribution < -0.4 is 4.90 Å². The number of anilines is 1. The lowest BCUT2D eigenvalue weighted by atomic mass is 9.68. The summed E-state index contributed by atoms with van der Waals surface area (Å²) in [6, 6.07) is 8.58. The SMILES string of the molecule is COCC1(O)CCC2(CCN(c3ccc(C4CC4)cc3)C2=O)CC1. The summed E-state index contributed by atoms with van der Waals surface area (Å²) in [4.78, 5) is 15.1. The van der Waals surface area contributed by atoms with Gasteiger partial charge in [-0.2, -0.15) is 0 Å². The van der Waals surface area contributed by atoms with Gasteiger partial charge in [0.15, 0.2) is 0 Å². The van der Waals surface area contributed by atoms with Gasteiger partial charge in [0.25, 0.3) is 0 Å². The fourth-order valence-corrected chi connectivity index (χ4v) is 4.48. The van der Waals surface area contributed by atoms with E-state index >= 15 is 0 Å². The maximum absolute atomic E-state index is 13.1. The van der Waals surface area contributed by atoms with Gasteiger partial charge in [0.2, 0.25) is 5.91 Å². The van der Waals surface area contributed by atoms with Gasteiger partial charge in [-0.05, 0) is 68.6 Å². The van der Waals surface area contributed by atoms with E-state index in [-0.39, 0.29) is 11.3 Å². The topological polar surface area (TPSA) is 49.8 Å². The van der Waals surface area contributed by atoms with Crippen LogP contribution in [0.2, 0.25) is 0 Å². The van der Waals surface area contributed by atoms with Gasteiger partial charge in [0, 0.05) is 19.3 Å². The van der Waals surface area contributed by atoms with Crippen molar-refractivity contribution in [2.24, 2.45) is 5.41 Å². The predicted molar refractivity (Wildman–Crippen MR) is 93.1 cm³/mol. The van der Waals surface area contributed by atoms with Crippen LogP contribution in [0.3, 0.4) is 0 Å². The van der Waals surface area contributed by atoms with Crippen molar-refractivity contribution in [3.63, 3.8) is 0 Å². The number of ether oxygens (including phenoxy) is 1. The van der Waals surface area contributed by atoms with Gasteiger partial charge < -0.3 is 14.7 Å². The molecule has 3 aliphatic rings. The van der Waals surface area contributed by atoms with E-state index in [4.69, 9.17) is 4.74 Å². The Bertz CT molecular complexity index is 612. The average molecular weight is 329 g/mol. The third-order valence-corrected chi connectivity index (χ3v) is 6.32. The molecule has 1 aliphatic heterocycles. The minimum Gasteiger partial charge on any atom is -0.387 e. The van der Waals surface area contributed by atoms with Crippen LogP contribution in [0.15, 0.2) is 24.3 Å². The molecule has 1 aromatic rings. The normalized spacial score (nSPS) is 33.4. The van der Waals surface area contributed by atoms with Crippen LogP contribution in [0, 0.1) is 5.41 Å². The number of nitrogens with zero attached hydrogens (tertiary/aromatic N) is 1. The Balaban J connectivity index is 1.46. The highest BCUT2D eigenvalue weighted by Gasteiger charge is 2.51. The fraction of sp³-hybridized carbons (Fsp3) is 0.650. The fourth-order valence-electron chi connectivity index (χ4n) is 4.48. The second-order valence-corrected chi connectivity index (χ2v) is 8.01. The highest BCUT2D eigenvalue weighted by atomic mass is 16.5. The molecule has 0 bridgehead atoms. The molecule has 1 spiro atoms. The Kier molecular flexibility index (Phi) is 3.92. The first-order valence-electron chi connectivity index (χ1n) is 9.19. The zero-order chi connectivity index (χ0) is 16.8. The maximum atomic E-state index is 13.1. The summed E-state index contributed by atoms with van der Waals surface area (Å²) in [6.07, 6.45) is 6.34. The van der Waals surface area contributed by atoms with E-state index in [1.165, 1.54) is 18.4 Å². The average Bonchev–Trinajstić information content (AvgIpc) is 3.38. The van der Waals surface area contributed by atoms with Crippen LogP contribution in [0.4, 0.5) is 5.69 Å². The van der Waals surface area contributed by atoms with Crippen LogP contribution in [0.1, 0.15) is 56.4 Å². The molecule has 1 N–H and O–H groups in total. The quantitative estimate of drug-likeness (QED) is 0.922. The highest BCUT2D eigenvalue weighted by molar-refractivity contribution is 6.00. The summed E-state index contributed by atoms with van der Waals surface area (Å²) in [5.74, 6) is 0.998. The van der Waals surface area contributed by atoms with E-state index in [1.54, 1.807) is 7.11 Å². The molecule has 4 heteroatoms. The zero-order valence-corrected chi connectivity index (χ0v) is 14.5. The number of aliphatic hydroxyl groups is 1. The largest absolute Gasteiger partial charge is 0.387 e. The molecule has 1 heterocycles. The van der Waals surface area contributed by atoms with Gasteiger partial charge in [0.05, 0.1) is 17.6 Å². The van der Waals surface area contributed by atoms with Crippen molar-refractivity contribution in [2.75, 3.05) is 25.2 Å². The third kappa shape index (κ3) is 2.76. The summed E-state index contributed by atoms with van der Waals surface area (Å²) in [5.41, 5.74) is 1.41. The van der Waals surface area contributed by atoms with Crippen LogP contribution in [-0.4, -0.2) is 36.9 Å². The first kappa shape index (κ1) is 16.1. The van der Waals surface area contributed by atoms with E-state index in [0.29, 0.717) is 19.4 Å². The molecular formula is C20H27NO3. The highest BCUT2D eigenvalue weighted by Crippen LogP contribution is 2.49. The van der Waals surface area contributed by atoms with Crippen LogP contribution in [0.5, 0.6) is 0 Å². The molecule has 24 heavy (non-hydrogen) atoms. The molecule has 0 aromatic heterocycles. The number of hydrogen-bond acceptors (Lipinski definition) is 3. The Hall–Kier alpha value is -1.39. The standard InChI is InChI=1S/C20H27NO3/c1-24-14-20(23)10-8-19(9-11-20)12-13-21(18(19)22)17-6-4-16(5-7-17)15-2-3-15/h4-7,15,23H,2-3,8-14H2,1H3. The number of benzene rings is 1. The van der Waals surface area contributed by atoms with E-state index in [0.717, 1.165) is 37.4 Å². The number of carbonyl (C=O) groups is 1. The Morgan fingerprint density at radius 2 is 1.79 bits per heavy atom. The van der Waals surface area contributed by atoms with Crippen molar-refractivity contribution >= 4 is 11.6 Å². The minimum atomic E-state index is -0.750. The van der Waals surface area contributed by atoms with Gasteiger partial charge in [-0.25, -0.2) is 0 Å². The molecule has 2 saturated carbocycles. The van der Waals surface area contributed by atoms with Crippen molar-refractivity contribution in [3.8, 4) is 0 Å². The first-order valence-corrected chi connectivity index (χ1v) is 9.19. The van der Waals surface area contributed by atoms with Crippen LogP contribution in [0.25, 0.3) is 0 Å². The minimum absolute atomic E-state index is 0.251. The summed E-state index contributed by atoms with van der Waals surface area (Å²) >= 11 is 0. The van der Waals surface area contributed by atoms with Gasteiger partial charge in [0.1, 0.15) is 0 Å². The van der Waals surface area contributed by atoms with E-state index < -0.39 is 5.60 Å². The summed E-state index contributed by atoms with van der Waals surface area (Å²) < 4.78 is 5.14. The van der Waals surface area contributed by atoms with E-state index in [1.807, 2.05) is 4.90 Å². The second-order valence-electron chi connectivity index (χ2n) is 8.01. The molecule has 0 radical (unpaired) electrons. The van der Waals surface area contributed by atoms with Crippen molar-refractivity contribution in [2.45, 2.75) is 56.5 Å². The van der Waals surface area contributed by atoms with Crippen molar-refractivity contribution in [1.82, 2.24) is 0 Å². The van der Waals surface area contributed by atoms with Crippen molar-refractivity contribution in [3.05, 3.63) is 29.8 Å². The lowest BCUT2D eigenvalue weighted by molar-refractivity contribution is -0.133. The molecule has 130 valence electrons. The lowest BCUT2D eigenvalue weighted by Crippen LogP contribution is -2.45. The number of carbonyl (C=O) groups excluding carboxylic acids is 1. The van der Waals surface area contributed by atoms with Crippen molar-refractivity contribution in [1.29, 1.82) is 0 Å². The predicted octanol–water partition coefficient (Wildman–Crippen LogP) is 3.24. The number of rotatable bonds is 4. The molecule has 4 rings (SSSR count). The van der Waals surface area contributed by atoms with E-state index in [2.05, 4.69) is 24.3 Å². The molecule has 2 aliphatic carbocycles. The van der Waals surface area contributed by atoms with Gasteiger partial charge >= 0.3 is 0 Å². The van der Waals surface area contributed by atoms with Crippen LogP contribution in [-0.2, 0) is 9.53 Å².